The van der Waals surface area contributed by atoms with E-state index >= 15 is 0 Å². The molecule has 15 heavy (non-hydrogen) atoms. The van der Waals surface area contributed by atoms with Gasteiger partial charge in [0.2, 0.25) is 0 Å². The van der Waals surface area contributed by atoms with Crippen LogP contribution in [0, 0.1) is 0 Å². The fraction of sp³-hybridized carbons (Fsp3) is 0.182. The average Bonchev–Trinajstić information content (AvgIpc) is 2.67. The molecule has 0 saturated carbocycles. The van der Waals surface area contributed by atoms with Gasteiger partial charge in [-0.05, 0) is 12.1 Å². The molecule has 0 aliphatic rings. The van der Waals surface area contributed by atoms with Crippen molar-refractivity contribution >= 4 is 11.6 Å². The molecule has 0 radical (unpaired) electrons. The van der Waals surface area contributed by atoms with E-state index in [0.29, 0.717) is 23.9 Å². The van der Waals surface area contributed by atoms with Crippen LogP contribution in [0.3, 0.4) is 0 Å². The summed E-state index contributed by atoms with van der Waals surface area (Å²) in [6, 6.07) is 7.47. The maximum atomic E-state index is 5.88. The minimum Gasteiger partial charge on any atom is -0.441 e. The Balaban J connectivity index is 2.29. The predicted octanol–water partition coefficient (Wildman–Crippen LogP) is 2.50. The van der Waals surface area contributed by atoms with Crippen molar-refractivity contribution in [2.75, 3.05) is 6.54 Å². The second-order valence-electron chi connectivity index (χ2n) is 3.17. The standard InChI is InChI=1S/C11H11ClN2O/c12-9-3-1-2-8(6-9)10-7-14-11(15-10)4-5-13/h1-3,6-7H,4-5,13H2. The Morgan fingerprint density at radius 2 is 2.27 bits per heavy atom. The SMILES string of the molecule is NCCc1ncc(-c2cccc(Cl)c2)o1. The lowest BCUT2D eigenvalue weighted by molar-refractivity contribution is 0.508. The molecule has 0 spiro atoms. The summed E-state index contributed by atoms with van der Waals surface area (Å²) in [5.41, 5.74) is 6.34. The zero-order chi connectivity index (χ0) is 10.7. The van der Waals surface area contributed by atoms with E-state index in [-0.39, 0.29) is 0 Å². The minimum atomic E-state index is 0.537. The van der Waals surface area contributed by atoms with Crippen molar-refractivity contribution < 1.29 is 4.42 Å². The van der Waals surface area contributed by atoms with Gasteiger partial charge in [-0.1, -0.05) is 23.7 Å². The Morgan fingerprint density at radius 3 is 3.00 bits per heavy atom. The van der Waals surface area contributed by atoms with Crippen molar-refractivity contribution in [1.29, 1.82) is 0 Å². The van der Waals surface area contributed by atoms with Crippen molar-refractivity contribution in [1.82, 2.24) is 4.98 Å². The summed E-state index contributed by atoms with van der Waals surface area (Å²) < 4.78 is 5.52. The van der Waals surface area contributed by atoms with E-state index in [4.69, 9.17) is 21.8 Å². The van der Waals surface area contributed by atoms with Gasteiger partial charge in [0.15, 0.2) is 11.7 Å². The van der Waals surface area contributed by atoms with Gasteiger partial charge in [0.25, 0.3) is 0 Å². The molecule has 0 saturated heterocycles. The Labute approximate surface area is 92.9 Å². The van der Waals surface area contributed by atoms with E-state index in [1.807, 2.05) is 24.3 Å². The molecule has 0 bridgehead atoms. The highest BCUT2D eigenvalue weighted by atomic mass is 35.5. The number of benzene rings is 1. The van der Waals surface area contributed by atoms with Gasteiger partial charge < -0.3 is 10.2 Å². The van der Waals surface area contributed by atoms with Crippen LogP contribution < -0.4 is 5.73 Å². The highest BCUT2D eigenvalue weighted by Crippen LogP contribution is 2.23. The molecule has 1 aromatic heterocycles. The molecule has 0 aliphatic carbocycles. The van der Waals surface area contributed by atoms with Gasteiger partial charge in [0, 0.05) is 23.6 Å². The van der Waals surface area contributed by atoms with Crippen LogP contribution in [0.25, 0.3) is 11.3 Å². The summed E-state index contributed by atoms with van der Waals surface area (Å²) in [4.78, 5) is 4.12. The maximum Gasteiger partial charge on any atom is 0.196 e. The molecule has 0 aliphatic heterocycles. The fourth-order valence-electron chi connectivity index (χ4n) is 1.32. The van der Waals surface area contributed by atoms with Crippen molar-refractivity contribution in [2.45, 2.75) is 6.42 Å². The zero-order valence-electron chi connectivity index (χ0n) is 8.11. The van der Waals surface area contributed by atoms with Crippen molar-refractivity contribution in [2.24, 2.45) is 5.73 Å². The molecule has 2 aromatic rings. The van der Waals surface area contributed by atoms with E-state index in [2.05, 4.69) is 4.98 Å². The first-order valence-electron chi connectivity index (χ1n) is 4.70. The first-order valence-corrected chi connectivity index (χ1v) is 5.08. The van der Waals surface area contributed by atoms with Crippen LogP contribution in [0.1, 0.15) is 5.89 Å². The molecule has 0 atom stereocenters. The van der Waals surface area contributed by atoms with E-state index < -0.39 is 0 Å². The van der Waals surface area contributed by atoms with Crippen LogP contribution >= 0.6 is 11.6 Å². The van der Waals surface area contributed by atoms with Gasteiger partial charge in [-0.15, -0.1) is 0 Å². The molecular weight excluding hydrogens is 212 g/mol. The van der Waals surface area contributed by atoms with E-state index in [1.165, 1.54) is 0 Å². The normalized spacial score (nSPS) is 10.5. The quantitative estimate of drug-likeness (QED) is 0.868. The van der Waals surface area contributed by atoms with Gasteiger partial charge in [-0.2, -0.15) is 0 Å². The molecule has 4 heteroatoms. The second-order valence-corrected chi connectivity index (χ2v) is 3.60. The largest absolute Gasteiger partial charge is 0.441 e. The van der Waals surface area contributed by atoms with Crippen LogP contribution in [-0.2, 0) is 6.42 Å². The second kappa shape index (κ2) is 4.47. The summed E-state index contributed by atoms with van der Waals surface area (Å²) in [7, 11) is 0. The maximum absolute atomic E-state index is 5.88. The number of halogens is 1. The summed E-state index contributed by atoms with van der Waals surface area (Å²) >= 11 is 5.88. The Hall–Kier alpha value is -1.32. The van der Waals surface area contributed by atoms with Crippen LogP contribution in [0.2, 0.25) is 5.02 Å². The van der Waals surface area contributed by atoms with Crippen LogP contribution in [0.5, 0.6) is 0 Å². The fourth-order valence-corrected chi connectivity index (χ4v) is 1.51. The first kappa shape index (κ1) is 10.2. The molecule has 3 nitrogen and oxygen atoms in total. The van der Waals surface area contributed by atoms with Gasteiger partial charge in [0.05, 0.1) is 6.20 Å². The highest BCUT2D eigenvalue weighted by molar-refractivity contribution is 6.30. The van der Waals surface area contributed by atoms with Crippen molar-refractivity contribution in [3.63, 3.8) is 0 Å². The summed E-state index contributed by atoms with van der Waals surface area (Å²) in [5, 5.41) is 0.685. The minimum absolute atomic E-state index is 0.537. The van der Waals surface area contributed by atoms with Crippen molar-refractivity contribution in [3.05, 3.63) is 41.4 Å². The number of rotatable bonds is 3. The Bertz CT molecular complexity index is 453. The van der Waals surface area contributed by atoms with E-state index in [9.17, 15) is 0 Å². The predicted molar refractivity (Wildman–Crippen MR) is 59.7 cm³/mol. The molecule has 2 N–H and O–H groups in total. The zero-order valence-corrected chi connectivity index (χ0v) is 8.87. The highest BCUT2D eigenvalue weighted by Gasteiger charge is 2.05. The third-order valence-corrected chi connectivity index (χ3v) is 2.26. The number of oxazole rings is 1. The van der Waals surface area contributed by atoms with Crippen LogP contribution in [0.15, 0.2) is 34.9 Å². The van der Waals surface area contributed by atoms with Gasteiger partial charge >= 0.3 is 0 Å². The van der Waals surface area contributed by atoms with Gasteiger partial charge in [-0.25, -0.2) is 4.98 Å². The number of nitrogens with two attached hydrogens (primary N) is 1. The van der Waals surface area contributed by atoms with Crippen LogP contribution in [0.4, 0.5) is 0 Å². The number of nitrogens with zero attached hydrogens (tertiary/aromatic N) is 1. The molecule has 1 aromatic carbocycles. The Morgan fingerprint density at radius 1 is 1.40 bits per heavy atom. The van der Waals surface area contributed by atoms with Gasteiger partial charge in [0.1, 0.15) is 0 Å². The van der Waals surface area contributed by atoms with Gasteiger partial charge in [-0.3, -0.25) is 0 Å². The molecule has 0 fully saturated rings. The lowest BCUT2D eigenvalue weighted by atomic mass is 10.2. The third kappa shape index (κ3) is 2.37. The van der Waals surface area contributed by atoms with E-state index in [0.717, 1.165) is 11.3 Å². The Kier molecular flexibility index (Phi) is 3.04. The molecule has 0 unspecified atom stereocenters. The molecule has 78 valence electrons. The molecule has 1 heterocycles. The number of hydrogen-bond donors (Lipinski definition) is 1. The molecular formula is C11H11ClN2O. The monoisotopic (exact) mass is 222 g/mol. The van der Waals surface area contributed by atoms with Crippen molar-refractivity contribution in [3.8, 4) is 11.3 Å². The molecule has 0 amide bonds. The topological polar surface area (TPSA) is 52.0 Å². The lowest BCUT2D eigenvalue weighted by Gasteiger charge is -1.96. The first-order chi connectivity index (χ1) is 7.29. The number of aromatic nitrogens is 1. The number of hydrogen-bond acceptors (Lipinski definition) is 3. The summed E-state index contributed by atoms with van der Waals surface area (Å²) in [5.74, 6) is 1.38. The molecule has 2 rings (SSSR count). The smallest absolute Gasteiger partial charge is 0.196 e. The summed E-state index contributed by atoms with van der Waals surface area (Å²) in [6.07, 6.45) is 2.34. The average molecular weight is 223 g/mol. The van der Waals surface area contributed by atoms with Crippen LogP contribution in [-0.4, -0.2) is 11.5 Å². The third-order valence-electron chi connectivity index (χ3n) is 2.02. The summed E-state index contributed by atoms with van der Waals surface area (Å²) in [6.45, 7) is 0.537. The lowest BCUT2D eigenvalue weighted by Crippen LogP contribution is -2.02. The van der Waals surface area contributed by atoms with E-state index in [1.54, 1.807) is 6.20 Å².